The average molecular weight is 631 g/mol. The summed E-state index contributed by atoms with van der Waals surface area (Å²) >= 11 is 0. The lowest BCUT2D eigenvalue weighted by Crippen LogP contribution is -2.48. The van der Waals surface area contributed by atoms with Gasteiger partial charge in [0.05, 0.1) is 18.2 Å². The number of rotatable bonds is 10. The minimum Gasteiger partial charge on any atom is -0.496 e. The number of methoxy groups -OCH3 is 1. The Morgan fingerprint density at radius 3 is 1.68 bits per heavy atom. The van der Waals surface area contributed by atoms with E-state index in [9.17, 15) is 14.4 Å². The van der Waals surface area contributed by atoms with Crippen LogP contribution >= 0.6 is 0 Å². The first-order valence-electron chi connectivity index (χ1n) is 16.4. The molecule has 240 valence electrons. The Labute approximate surface area is 274 Å². The van der Waals surface area contributed by atoms with Crippen LogP contribution in [0.5, 0.6) is 11.5 Å². The highest BCUT2D eigenvalue weighted by atomic mass is 16.6. The number of esters is 3. The van der Waals surface area contributed by atoms with Gasteiger partial charge in [0.2, 0.25) is 0 Å². The molecule has 4 aliphatic carbocycles. The van der Waals surface area contributed by atoms with Gasteiger partial charge in [-0.3, -0.25) is 0 Å². The molecule has 4 saturated carbocycles. The van der Waals surface area contributed by atoms with Crippen molar-refractivity contribution in [2.24, 2.45) is 17.8 Å². The summed E-state index contributed by atoms with van der Waals surface area (Å²) < 4.78 is 22.8. The van der Waals surface area contributed by atoms with Crippen LogP contribution in [0.3, 0.4) is 0 Å². The largest absolute Gasteiger partial charge is 0.496 e. The van der Waals surface area contributed by atoms with E-state index in [1.807, 2.05) is 72.8 Å². The van der Waals surface area contributed by atoms with Gasteiger partial charge in [0, 0.05) is 5.56 Å². The molecule has 0 saturated heterocycles. The Balaban J connectivity index is 1.15. The lowest BCUT2D eigenvalue weighted by atomic mass is 9.48. The highest BCUT2D eigenvalue weighted by Gasteiger charge is 2.52. The molecule has 0 aromatic heterocycles. The molecule has 0 amide bonds. The van der Waals surface area contributed by atoms with Crippen molar-refractivity contribution in [3.8, 4) is 11.5 Å². The number of ether oxygens (including phenoxy) is 4. The molecular weight excluding hydrogens is 592 g/mol. The van der Waals surface area contributed by atoms with Crippen molar-refractivity contribution >= 4 is 17.9 Å². The van der Waals surface area contributed by atoms with Gasteiger partial charge in [0.1, 0.15) is 30.3 Å². The fraction of sp³-hybridized carbons (Fsp3) is 0.325. The van der Waals surface area contributed by atoms with E-state index < -0.39 is 17.9 Å². The minimum absolute atomic E-state index is 0.000145. The molecule has 0 atom stereocenters. The predicted octanol–water partition coefficient (Wildman–Crippen LogP) is 8.10. The van der Waals surface area contributed by atoms with Gasteiger partial charge in [-0.25, -0.2) is 14.4 Å². The van der Waals surface area contributed by atoms with Crippen LogP contribution in [0.1, 0.15) is 86.3 Å². The van der Waals surface area contributed by atoms with E-state index in [0.717, 1.165) is 59.5 Å². The van der Waals surface area contributed by atoms with Crippen LogP contribution in [0, 0.1) is 17.8 Å². The second-order valence-corrected chi connectivity index (χ2v) is 13.3. The van der Waals surface area contributed by atoms with Crippen molar-refractivity contribution in [1.82, 2.24) is 0 Å². The van der Waals surface area contributed by atoms with Crippen LogP contribution < -0.4 is 9.47 Å². The van der Waals surface area contributed by atoms with E-state index in [0.29, 0.717) is 5.56 Å². The molecule has 4 aromatic rings. The maximum atomic E-state index is 13.7. The Hall–Kier alpha value is -4.91. The van der Waals surface area contributed by atoms with E-state index in [1.54, 1.807) is 13.2 Å². The molecule has 0 aliphatic heterocycles. The van der Waals surface area contributed by atoms with Gasteiger partial charge in [0.15, 0.2) is 0 Å². The highest BCUT2D eigenvalue weighted by molar-refractivity contribution is 5.99. The molecule has 0 spiro atoms. The lowest BCUT2D eigenvalue weighted by Gasteiger charge is -2.57. The Morgan fingerprint density at radius 1 is 0.617 bits per heavy atom. The minimum atomic E-state index is -0.724. The Bertz CT molecular complexity index is 1740. The van der Waals surface area contributed by atoms with Crippen molar-refractivity contribution in [3.63, 3.8) is 0 Å². The van der Waals surface area contributed by atoms with Crippen molar-refractivity contribution < 1.29 is 33.3 Å². The van der Waals surface area contributed by atoms with Gasteiger partial charge in [-0.1, -0.05) is 60.7 Å². The van der Waals surface area contributed by atoms with E-state index >= 15 is 0 Å². The van der Waals surface area contributed by atoms with Crippen LogP contribution in [0.15, 0.2) is 97.1 Å². The predicted molar refractivity (Wildman–Crippen MR) is 175 cm³/mol. The Kier molecular flexibility index (Phi) is 8.54. The third-order valence-corrected chi connectivity index (χ3v) is 10.1. The van der Waals surface area contributed by atoms with E-state index in [4.69, 9.17) is 18.9 Å². The lowest BCUT2D eigenvalue weighted by molar-refractivity contribution is -0.00618. The zero-order valence-electron chi connectivity index (χ0n) is 26.5. The molecule has 4 fully saturated rings. The molecular formula is C40H38O7. The summed E-state index contributed by atoms with van der Waals surface area (Å²) in [4.78, 5) is 40.1. The summed E-state index contributed by atoms with van der Waals surface area (Å²) in [6, 6.07) is 28.4. The number of carbonyl (C=O) groups is 3. The number of benzene rings is 4. The quantitative estimate of drug-likeness (QED) is 0.129. The molecule has 0 heterocycles. The fourth-order valence-corrected chi connectivity index (χ4v) is 8.36. The topological polar surface area (TPSA) is 88.1 Å². The van der Waals surface area contributed by atoms with E-state index in [1.165, 1.54) is 37.5 Å². The molecule has 4 aromatic carbocycles. The zero-order chi connectivity index (χ0) is 32.4. The van der Waals surface area contributed by atoms with Crippen LogP contribution in [0.4, 0.5) is 0 Å². The van der Waals surface area contributed by atoms with Gasteiger partial charge in [-0.15, -0.1) is 0 Å². The first kappa shape index (κ1) is 30.7. The fourth-order valence-electron chi connectivity index (χ4n) is 8.36. The molecule has 7 heteroatoms. The smallest absolute Gasteiger partial charge is 0.343 e. The third kappa shape index (κ3) is 6.53. The second kappa shape index (κ2) is 13.1. The van der Waals surface area contributed by atoms with Gasteiger partial charge >= 0.3 is 17.9 Å². The van der Waals surface area contributed by atoms with Gasteiger partial charge in [-0.05, 0) is 109 Å². The molecule has 0 radical (unpaired) electrons. The second-order valence-electron chi connectivity index (χ2n) is 13.3. The molecule has 8 rings (SSSR count). The SMILES string of the molecule is COc1ccc(C(=O)Oc2ccc(C(=O)OCc3ccccc3)cc2C(=O)OCc2ccccc2)cc1C12CC3CC(CC(C3)C1)C2. The van der Waals surface area contributed by atoms with Crippen molar-refractivity contribution in [2.75, 3.05) is 7.11 Å². The van der Waals surface area contributed by atoms with Crippen LogP contribution in [0.2, 0.25) is 0 Å². The summed E-state index contributed by atoms with van der Waals surface area (Å²) in [5, 5.41) is 0. The molecule has 4 bridgehead atoms. The standard InChI is InChI=1S/C40H38O7/c1-44-36-15-13-32(20-34(36)40-21-28-16-29(22-40)18-30(17-28)23-40)38(42)47-35-14-12-31(37(41)45-24-26-8-4-2-5-9-26)19-33(35)39(43)46-25-27-10-6-3-7-11-27/h2-15,19-20,28-30H,16-18,21-25H2,1H3. The Morgan fingerprint density at radius 2 is 1.13 bits per heavy atom. The van der Waals surface area contributed by atoms with Gasteiger partial charge in [0.25, 0.3) is 0 Å². The van der Waals surface area contributed by atoms with Crippen LogP contribution in [0.25, 0.3) is 0 Å². The molecule has 0 unspecified atom stereocenters. The number of carbonyl (C=O) groups excluding carboxylic acids is 3. The number of hydrogen-bond acceptors (Lipinski definition) is 7. The van der Waals surface area contributed by atoms with Crippen LogP contribution in [-0.4, -0.2) is 25.0 Å². The van der Waals surface area contributed by atoms with Gasteiger partial charge in [-0.2, -0.15) is 0 Å². The van der Waals surface area contributed by atoms with Crippen molar-refractivity contribution in [2.45, 2.75) is 57.2 Å². The average Bonchev–Trinajstić information content (AvgIpc) is 3.09. The summed E-state index contributed by atoms with van der Waals surface area (Å²) in [5.74, 6) is 1.04. The summed E-state index contributed by atoms with van der Waals surface area (Å²) in [6.07, 6.45) is 7.28. The molecule has 4 aliphatic rings. The summed E-state index contributed by atoms with van der Waals surface area (Å²) in [7, 11) is 1.68. The van der Waals surface area contributed by atoms with Crippen LogP contribution in [-0.2, 0) is 28.1 Å². The first-order chi connectivity index (χ1) is 22.9. The molecule has 0 N–H and O–H groups in total. The van der Waals surface area contributed by atoms with E-state index in [2.05, 4.69) is 0 Å². The molecule has 7 nitrogen and oxygen atoms in total. The first-order valence-corrected chi connectivity index (χ1v) is 16.4. The normalized spacial score (nSPS) is 22.4. The third-order valence-electron chi connectivity index (χ3n) is 10.1. The van der Waals surface area contributed by atoms with Crippen molar-refractivity contribution in [3.05, 3.63) is 130 Å². The molecule has 47 heavy (non-hydrogen) atoms. The summed E-state index contributed by atoms with van der Waals surface area (Å²) in [6.45, 7) is 0.0936. The highest BCUT2D eigenvalue weighted by Crippen LogP contribution is 2.62. The monoisotopic (exact) mass is 630 g/mol. The van der Waals surface area contributed by atoms with E-state index in [-0.39, 0.29) is 35.5 Å². The van der Waals surface area contributed by atoms with Crippen molar-refractivity contribution in [1.29, 1.82) is 0 Å². The maximum Gasteiger partial charge on any atom is 0.343 e. The number of hydrogen-bond donors (Lipinski definition) is 0. The maximum absolute atomic E-state index is 13.7. The summed E-state index contributed by atoms with van der Waals surface area (Å²) in [5.41, 5.74) is 3.19. The zero-order valence-corrected chi connectivity index (χ0v) is 26.5. The van der Waals surface area contributed by atoms with Gasteiger partial charge < -0.3 is 18.9 Å².